The van der Waals surface area contributed by atoms with E-state index in [4.69, 9.17) is 9.72 Å². The lowest BCUT2D eigenvalue weighted by Crippen LogP contribution is -2.27. The van der Waals surface area contributed by atoms with Crippen molar-refractivity contribution >= 4 is 11.3 Å². The van der Waals surface area contributed by atoms with Crippen LogP contribution in [0.1, 0.15) is 27.3 Å². The molecule has 37 heavy (non-hydrogen) atoms. The van der Waals surface area contributed by atoms with Gasteiger partial charge in [-0.1, -0.05) is 72.8 Å². The number of aromatic nitrogens is 2. The first-order valence-electron chi connectivity index (χ1n) is 12.5. The molecular weight excluding hydrogens is 476 g/mol. The first-order valence-corrected chi connectivity index (χ1v) is 13.3. The molecule has 0 spiro atoms. The zero-order valence-electron chi connectivity index (χ0n) is 21.4. The van der Waals surface area contributed by atoms with Crippen LogP contribution in [-0.4, -0.2) is 9.55 Å². The van der Waals surface area contributed by atoms with Gasteiger partial charge in [0.2, 0.25) is 0 Å². The number of benzene rings is 3. The summed E-state index contributed by atoms with van der Waals surface area (Å²) in [6.45, 7) is 7.07. The third-order valence-electron chi connectivity index (χ3n) is 6.59. The van der Waals surface area contributed by atoms with E-state index in [-0.39, 0.29) is 5.56 Å². The molecule has 5 aromatic rings. The van der Waals surface area contributed by atoms with Gasteiger partial charge in [0.25, 0.3) is 5.56 Å². The summed E-state index contributed by atoms with van der Waals surface area (Å²) < 4.78 is 8.08. The first-order chi connectivity index (χ1) is 18.0. The molecule has 5 heteroatoms. The second-order valence-electron chi connectivity index (χ2n) is 9.21. The Labute approximate surface area is 221 Å². The number of ether oxygens (including phenoxy) is 1. The number of rotatable bonds is 8. The van der Waals surface area contributed by atoms with Gasteiger partial charge in [-0.15, -0.1) is 11.3 Å². The quantitative estimate of drug-likeness (QED) is 0.220. The van der Waals surface area contributed by atoms with E-state index in [9.17, 15) is 4.79 Å². The molecule has 0 radical (unpaired) electrons. The molecule has 3 aromatic carbocycles. The van der Waals surface area contributed by atoms with Crippen LogP contribution in [0.5, 0.6) is 5.75 Å². The average molecular weight is 507 g/mol. The topological polar surface area (TPSA) is 44.1 Å². The van der Waals surface area contributed by atoms with Crippen molar-refractivity contribution in [1.29, 1.82) is 0 Å². The fourth-order valence-corrected chi connectivity index (χ4v) is 5.57. The number of hydrogen-bond acceptors (Lipinski definition) is 4. The number of aryl methyl sites for hydroxylation is 4. The highest BCUT2D eigenvalue weighted by molar-refractivity contribution is 7.15. The average Bonchev–Trinajstić information content (AvgIpc) is 3.25. The Bertz CT molecular complexity index is 1550. The second kappa shape index (κ2) is 11.0. The third kappa shape index (κ3) is 5.42. The lowest BCUT2D eigenvalue weighted by molar-refractivity contribution is 0.307. The van der Waals surface area contributed by atoms with Crippen LogP contribution in [0.2, 0.25) is 0 Å². The summed E-state index contributed by atoms with van der Waals surface area (Å²) >= 11 is 1.65. The Kier molecular flexibility index (Phi) is 7.33. The number of nitrogens with zero attached hydrogens (tertiary/aromatic N) is 2. The highest BCUT2D eigenvalue weighted by atomic mass is 32.1. The van der Waals surface area contributed by atoms with Crippen LogP contribution in [-0.2, 0) is 19.6 Å². The molecule has 2 heterocycles. The van der Waals surface area contributed by atoms with Crippen molar-refractivity contribution in [3.8, 4) is 27.6 Å². The molecule has 0 saturated carbocycles. The van der Waals surface area contributed by atoms with Crippen molar-refractivity contribution in [2.24, 2.45) is 0 Å². The standard InChI is InChI=1S/C32H30N2O2S/c1-22-20-29(37-24(22)3)30-23(2)33-31(34(32(30)35)19-18-25-12-6-4-7-13-25)27-16-10-11-17-28(27)36-21-26-14-8-5-9-15-26/h4-17,20H,18-19,21H2,1-3H3. The van der Waals surface area contributed by atoms with Gasteiger partial charge in [0.1, 0.15) is 18.2 Å². The zero-order valence-corrected chi connectivity index (χ0v) is 22.2. The molecule has 0 aliphatic rings. The van der Waals surface area contributed by atoms with Gasteiger partial charge in [0.05, 0.1) is 16.8 Å². The highest BCUT2D eigenvalue weighted by Gasteiger charge is 2.21. The summed E-state index contributed by atoms with van der Waals surface area (Å²) in [7, 11) is 0. The SMILES string of the molecule is Cc1cc(-c2c(C)nc(-c3ccccc3OCc3ccccc3)n(CCc3ccccc3)c2=O)sc1C. The van der Waals surface area contributed by atoms with Crippen molar-refractivity contribution in [3.05, 3.63) is 129 Å². The molecule has 0 saturated heterocycles. The maximum Gasteiger partial charge on any atom is 0.262 e. The normalized spacial score (nSPS) is 11.0. The summed E-state index contributed by atoms with van der Waals surface area (Å²) in [6.07, 6.45) is 0.730. The van der Waals surface area contributed by atoms with Gasteiger partial charge in [-0.05, 0) is 62.1 Å². The van der Waals surface area contributed by atoms with Crippen molar-refractivity contribution in [3.63, 3.8) is 0 Å². The predicted molar refractivity (Wildman–Crippen MR) is 152 cm³/mol. The first kappa shape index (κ1) is 24.7. The molecule has 0 fully saturated rings. The predicted octanol–water partition coefficient (Wildman–Crippen LogP) is 7.39. The monoisotopic (exact) mass is 506 g/mol. The summed E-state index contributed by atoms with van der Waals surface area (Å²) in [5.74, 6) is 1.34. The Morgan fingerprint density at radius 3 is 2.16 bits per heavy atom. The van der Waals surface area contributed by atoms with Crippen molar-refractivity contribution in [2.75, 3.05) is 0 Å². The summed E-state index contributed by atoms with van der Waals surface area (Å²) in [4.78, 5) is 21.3. The molecule has 0 unspecified atom stereocenters. The minimum Gasteiger partial charge on any atom is -0.488 e. The fourth-order valence-electron chi connectivity index (χ4n) is 4.45. The van der Waals surface area contributed by atoms with E-state index in [1.54, 1.807) is 11.3 Å². The van der Waals surface area contributed by atoms with E-state index >= 15 is 0 Å². The van der Waals surface area contributed by atoms with E-state index < -0.39 is 0 Å². The maximum atomic E-state index is 14.1. The van der Waals surface area contributed by atoms with Crippen LogP contribution in [0, 0.1) is 20.8 Å². The van der Waals surface area contributed by atoms with Crippen molar-refractivity contribution in [2.45, 2.75) is 40.3 Å². The Morgan fingerprint density at radius 2 is 1.49 bits per heavy atom. The van der Waals surface area contributed by atoms with Crippen LogP contribution in [0.3, 0.4) is 0 Å². The third-order valence-corrected chi connectivity index (χ3v) is 7.76. The minimum atomic E-state index is -0.0162. The highest BCUT2D eigenvalue weighted by Crippen LogP contribution is 2.33. The Hall–Kier alpha value is -3.96. The van der Waals surface area contributed by atoms with Gasteiger partial charge < -0.3 is 4.74 Å². The molecule has 5 rings (SSSR count). The number of hydrogen-bond donors (Lipinski definition) is 0. The van der Waals surface area contributed by atoms with Gasteiger partial charge in [-0.3, -0.25) is 9.36 Å². The van der Waals surface area contributed by atoms with Crippen LogP contribution in [0.4, 0.5) is 0 Å². The lowest BCUT2D eigenvalue weighted by Gasteiger charge is -2.18. The van der Waals surface area contributed by atoms with Gasteiger partial charge in [0.15, 0.2) is 0 Å². The second-order valence-corrected chi connectivity index (χ2v) is 10.5. The van der Waals surface area contributed by atoms with Crippen LogP contribution >= 0.6 is 11.3 Å². The van der Waals surface area contributed by atoms with Crippen LogP contribution in [0.25, 0.3) is 21.8 Å². The number of thiophene rings is 1. The van der Waals surface area contributed by atoms with Crippen molar-refractivity contribution < 1.29 is 4.74 Å². The zero-order chi connectivity index (χ0) is 25.8. The Morgan fingerprint density at radius 1 is 0.838 bits per heavy atom. The number of para-hydroxylation sites is 1. The van der Waals surface area contributed by atoms with Gasteiger partial charge in [-0.2, -0.15) is 0 Å². The maximum absolute atomic E-state index is 14.1. The van der Waals surface area contributed by atoms with Crippen molar-refractivity contribution in [1.82, 2.24) is 9.55 Å². The summed E-state index contributed by atoms with van der Waals surface area (Å²) in [5.41, 5.74) is 5.67. The molecule has 0 aliphatic carbocycles. The molecule has 2 aromatic heterocycles. The van der Waals surface area contributed by atoms with Gasteiger partial charge in [0, 0.05) is 16.3 Å². The van der Waals surface area contributed by atoms with Crippen LogP contribution < -0.4 is 10.3 Å². The molecule has 0 atom stereocenters. The molecule has 186 valence electrons. The molecule has 4 nitrogen and oxygen atoms in total. The lowest BCUT2D eigenvalue weighted by atomic mass is 10.1. The molecule has 0 N–H and O–H groups in total. The largest absolute Gasteiger partial charge is 0.488 e. The van der Waals surface area contributed by atoms with E-state index in [1.165, 1.54) is 16.0 Å². The summed E-state index contributed by atoms with van der Waals surface area (Å²) in [5, 5.41) is 0. The molecule has 0 bridgehead atoms. The van der Waals surface area contributed by atoms with E-state index in [0.717, 1.165) is 28.1 Å². The van der Waals surface area contributed by atoms with Gasteiger partial charge in [-0.25, -0.2) is 4.98 Å². The Balaban J connectivity index is 1.61. The fraction of sp³-hybridized carbons (Fsp3) is 0.188. The molecule has 0 amide bonds. The van der Waals surface area contributed by atoms with E-state index in [1.807, 2.05) is 84.3 Å². The minimum absolute atomic E-state index is 0.0162. The molecule has 0 aliphatic heterocycles. The van der Waals surface area contributed by atoms with Crippen LogP contribution in [0.15, 0.2) is 95.8 Å². The smallest absolute Gasteiger partial charge is 0.262 e. The van der Waals surface area contributed by atoms with Gasteiger partial charge >= 0.3 is 0 Å². The van der Waals surface area contributed by atoms with E-state index in [0.29, 0.717) is 30.3 Å². The summed E-state index contributed by atoms with van der Waals surface area (Å²) in [6, 6.07) is 30.3. The molecular formula is C32H30N2O2S. The van der Waals surface area contributed by atoms with E-state index in [2.05, 4.69) is 32.0 Å².